The Morgan fingerprint density at radius 3 is 2.48 bits per heavy atom. The Labute approximate surface area is 145 Å². The second kappa shape index (κ2) is 7.09. The summed E-state index contributed by atoms with van der Waals surface area (Å²) < 4.78 is 13.2. The van der Waals surface area contributed by atoms with E-state index in [0.29, 0.717) is 11.6 Å². The quantitative estimate of drug-likeness (QED) is 0.748. The van der Waals surface area contributed by atoms with Gasteiger partial charge in [-0.25, -0.2) is 14.4 Å². The summed E-state index contributed by atoms with van der Waals surface area (Å²) in [6.07, 6.45) is 2.85. The van der Waals surface area contributed by atoms with E-state index in [1.54, 1.807) is 6.07 Å². The number of hydrogen-bond acceptors (Lipinski definition) is 4. The van der Waals surface area contributed by atoms with Crippen LogP contribution in [0.15, 0.2) is 54.9 Å². The Kier molecular flexibility index (Phi) is 4.70. The molecule has 1 amide bonds. The van der Waals surface area contributed by atoms with Crippen LogP contribution in [-0.4, -0.2) is 15.9 Å². The van der Waals surface area contributed by atoms with Crippen LogP contribution in [0.5, 0.6) is 0 Å². The highest BCUT2D eigenvalue weighted by Gasteiger charge is 2.09. The first kappa shape index (κ1) is 16.6. The van der Waals surface area contributed by atoms with Crippen LogP contribution in [0.2, 0.25) is 0 Å². The molecule has 5 nitrogen and oxygen atoms in total. The first-order valence-corrected chi connectivity index (χ1v) is 7.75. The molecule has 2 aromatic carbocycles. The van der Waals surface area contributed by atoms with Crippen LogP contribution in [0.4, 0.5) is 21.7 Å². The van der Waals surface area contributed by atoms with Crippen LogP contribution in [-0.2, 0) is 0 Å². The second-order valence-corrected chi connectivity index (χ2v) is 5.63. The highest BCUT2D eigenvalue weighted by atomic mass is 19.1. The van der Waals surface area contributed by atoms with Crippen molar-refractivity contribution in [3.05, 3.63) is 77.4 Å². The molecule has 126 valence electrons. The van der Waals surface area contributed by atoms with Crippen LogP contribution in [0.1, 0.15) is 21.5 Å². The molecule has 1 heterocycles. The first-order chi connectivity index (χ1) is 12.0. The average Bonchev–Trinajstić information content (AvgIpc) is 2.59. The molecule has 25 heavy (non-hydrogen) atoms. The molecule has 0 unspecified atom stereocenters. The van der Waals surface area contributed by atoms with Gasteiger partial charge in [-0.15, -0.1) is 0 Å². The Balaban J connectivity index is 1.71. The molecule has 0 saturated carbocycles. The standard InChI is InChI=1S/C19H17FN4O/c1-12-5-3-8-17(13(12)2)24-19-21-10-14(11-22-19)18(25)23-16-7-4-6-15(20)9-16/h3-11H,1-2H3,(H,23,25)(H,21,22,24). The van der Waals surface area contributed by atoms with Gasteiger partial charge < -0.3 is 10.6 Å². The predicted molar refractivity (Wildman–Crippen MR) is 95.6 cm³/mol. The molecule has 1 aromatic heterocycles. The van der Waals surface area contributed by atoms with Crippen LogP contribution < -0.4 is 10.6 Å². The van der Waals surface area contributed by atoms with E-state index in [1.165, 1.54) is 30.6 Å². The second-order valence-electron chi connectivity index (χ2n) is 5.63. The van der Waals surface area contributed by atoms with Gasteiger partial charge in [0.1, 0.15) is 5.82 Å². The normalized spacial score (nSPS) is 10.4. The summed E-state index contributed by atoms with van der Waals surface area (Å²) in [5.41, 5.74) is 3.85. The van der Waals surface area contributed by atoms with Gasteiger partial charge in [-0.2, -0.15) is 0 Å². The zero-order valence-electron chi connectivity index (χ0n) is 13.9. The van der Waals surface area contributed by atoms with Gasteiger partial charge in [-0.3, -0.25) is 4.79 Å². The number of amides is 1. The zero-order valence-corrected chi connectivity index (χ0v) is 13.9. The minimum atomic E-state index is -0.415. The lowest BCUT2D eigenvalue weighted by Gasteiger charge is -2.10. The molecule has 0 atom stereocenters. The van der Waals surface area contributed by atoms with Crippen molar-refractivity contribution in [2.24, 2.45) is 0 Å². The number of carbonyl (C=O) groups is 1. The molecule has 6 heteroatoms. The van der Waals surface area contributed by atoms with E-state index in [4.69, 9.17) is 0 Å². The molecule has 3 rings (SSSR count). The van der Waals surface area contributed by atoms with Crippen molar-refractivity contribution in [3.8, 4) is 0 Å². The topological polar surface area (TPSA) is 66.9 Å². The first-order valence-electron chi connectivity index (χ1n) is 7.75. The number of hydrogen-bond donors (Lipinski definition) is 2. The van der Waals surface area contributed by atoms with Crippen molar-refractivity contribution in [2.45, 2.75) is 13.8 Å². The lowest BCUT2D eigenvalue weighted by molar-refractivity contribution is 0.102. The number of benzene rings is 2. The molecule has 0 aliphatic rings. The molecule has 0 aliphatic heterocycles. The van der Waals surface area contributed by atoms with Gasteiger partial charge in [0, 0.05) is 23.8 Å². The Morgan fingerprint density at radius 1 is 1.04 bits per heavy atom. The number of carbonyl (C=O) groups excluding carboxylic acids is 1. The number of nitrogens with one attached hydrogen (secondary N) is 2. The lowest BCUT2D eigenvalue weighted by Crippen LogP contribution is -2.13. The van der Waals surface area contributed by atoms with E-state index in [2.05, 4.69) is 20.6 Å². The number of aryl methyl sites for hydroxylation is 1. The largest absolute Gasteiger partial charge is 0.324 e. The van der Waals surface area contributed by atoms with E-state index in [1.807, 2.05) is 32.0 Å². The summed E-state index contributed by atoms with van der Waals surface area (Å²) in [5, 5.41) is 5.74. The van der Waals surface area contributed by atoms with E-state index < -0.39 is 11.7 Å². The maximum atomic E-state index is 13.2. The highest BCUT2D eigenvalue weighted by molar-refractivity contribution is 6.03. The van der Waals surface area contributed by atoms with E-state index in [0.717, 1.165) is 16.8 Å². The molecular formula is C19H17FN4O. The van der Waals surface area contributed by atoms with Crippen LogP contribution in [0, 0.1) is 19.7 Å². The van der Waals surface area contributed by atoms with Gasteiger partial charge in [-0.1, -0.05) is 18.2 Å². The lowest BCUT2D eigenvalue weighted by atomic mass is 10.1. The third-order valence-corrected chi connectivity index (χ3v) is 3.85. The number of halogens is 1. The van der Waals surface area contributed by atoms with Gasteiger partial charge in [0.15, 0.2) is 0 Å². The maximum absolute atomic E-state index is 13.2. The fraction of sp³-hybridized carbons (Fsp3) is 0.105. The van der Waals surface area contributed by atoms with Gasteiger partial charge >= 0.3 is 0 Å². The predicted octanol–water partition coefficient (Wildman–Crippen LogP) is 4.23. The SMILES string of the molecule is Cc1cccc(Nc2ncc(C(=O)Nc3cccc(F)c3)cn2)c1C. The molecule has 3 aromatic rings. The van der Waals surface area contributed by atoms with E-state index >= 15 is 0 Å². The third kappa shape index (κ3) is 3.98. The number of nitrogens with zero attached hydrogens (tertiary/aromatic N) is 2. The number of rotatable bonds is 4. The Morgan fingerprint density at radius 2 is 1.76 bits per heavy atom. The Bertz CT molecular complexity index is 910. The maximum Gasteiger partial charge on any atom is 0.258 e. The zero-order chi connectivity index (χ0) is 17.8. The van der Waals surface area contributed by atoms with Crippen molar-refractivity contribution in [1.82, 2.24) is 9.97 Å². The summed E-state index contributed by atoms with van der Waals surface area (Å²) in [5.74, 6) is -0.415. The molecule has 0 spiro atoms. The number of anilines is 3. The van der Waals surface area contributed by atoms with Crippen molar-refractivity contribution in [3.63, 3.8) is 0 Å². The van der Waals surface area contributed by atoms with Gasteiger partial charge in [0.2, 0.25) is 5.95 Å². The summed E-state index contributed by atoms with van der Waals surface area (Å²) in [7, 11) is 0. The fourth-order valence-electron chi connectivity index (χ4n) is 2.29. The summed E-state index contributed by atoms with van der Waals surface area (Å²) >= 11 is 0. The van der Waals surface area contributed by atoms with Crippen molar-refractivity contribution >= 4 is 23.2 Å². The third-order valence-electron chi connectivity index (χ3n) is 3.85. The average molecular weight is 336 g/mol. The number of aromatic nitrogens is 2. The molecule has 0 bridgehead atoms. The van der Waals surface area contributed by atoms with Gasteiger partial charge in [0.25, 0.3) is 5.91 Å². The van der Waals surface area contributed by atoms with Crippen molar-refractivity contribution in [2.75, 3.05) is 10.6 Å². The minimum Gasteiger partial charge on any atom is -0.324 e. The smallest absolute Gasteiger partial charge is 0.258 e. The molecule has 0 radical (unpaired) electrons. The summed E-state index contributed by atoms with van der Waals surface area (Å²) in [6, 6.07) is 11.6. The van der Waals surface area contributed by atoms with Gasteiger partial charge in [0.05, 0.1) is 5.56 Å². The summed E-state index contributed by atoms with van der Waals surface area (Å²) in [6.45, 7) is 4.04. The molecule has 0 saturated heterocycles. The Hall–Kier alpha value is -3.28. The van der Waals surface area contributed by atoms with Crippen LogP contribution in [0.3, 0.4) is 0 Å². The van der Waals surface area contributed by atoms with Crippen LogP contribution >= 0.6 is 0 Å². The molecule has 0 aliphatic carbocycles. The van der Waals surface area contributed by atoms with Gasteiger partial charge in [-0.05, 0) is 49.2 Å². The molecule has 0 fully saturated rings. The highest BCUT2D eigenvalue weighted by Crippen LogP contribution is 2.20. The monoisotopic (exact) mass is 336 g/mol. The molecule has 2 N–H and O–H groups in total. The summed E-state index contributed by atoms with van der Waals surface area (Å²) in [4.78, 5) is 20.5. The van der Waals surface area contributed by atoms with E-state index in [-0.39, 0.29) is 5.56 Å². The van der Waals surface area contributed by atoms with Crippen molar-refractivity contribution in [1.29, 1.82) is 0 Å². The molecular weight excluding hydrogens is 319 g/mol. The van der Waals surface area contributed by atoms with Crippen molar-refractivity contribution < 1.29 is 9.18 Å². The van der Waals surface area contributed by atoms with E-state index in [9.17, 15) is 9.18 Å². The minimum absolute atomic E-state index is 0.288. The van der Waals surface area contributed by atoms with Crippen LogP contribution in [0.25, 0.3) is 0 Å². The fourth-order valence-corrected chi connectivity index (χ4v) is 2.29.